The Bertz CT molecular complexity index is 720. The normalized spacial score (nSPS) is 21.2. The molecular formula is C17H16F3IO4. The molecule has 0 heterocycles. The number of hydrogen-bond donors (Lipinski definition) is 0. The van der Waals surface area contributed by atoms with Gasteiger partial charge in [0.2, 0.25) is 0 Å². The Morgan fingerprint density at radius 3 is 2.52 bits per heavy atom. The number of carbonyl (C=O) groups is 2. The predicted molar refractivity (Wildman–Crippen MR) is 90.7 cm³/mol. The molecule has 1 aliphatic rings. The van der Waals surface area contributed by atoms with Crippen LogP contribution < -0.4 is 0 Å². The monoisotopic (exact) mass is 468 g/mol. The summed E-state index contributed by atoms with van der Waals surface area (Å²) in [6, 6.07) is 0.445. The summed E-state index contributed by atoms with van der Waals surface area (Å²) in [6.45, 7) is 3.06. The van der Waals surface area contributed by atoms with Crippen molar-refractivity contribution >= 4 is 34.5 Å². The van der Waals surface area contributed by atoms with Crippen LogP contribution in [-0.2, 0) is 25.7 Å². The molecule has 0 unspecified atom stereocenters. The van der Waals surface area contributed by atoms with E-state index in [0.29, 0.717) is 6.07 Å². The number of allylic oxidation sites excluding steroid dienone is 1. The fourth-order valence-electron chi connectivity index (χ4n) is 2.72. The van der Waals surface area contributed by atoms with Gasteiger partial charge in [0.05, 0.1) is 16.6 Å². The minimum Gasteiger partial charge on any atom is -0.466 e. The number of carbonyl (C=O) groups excluding carboxylic acids is 2. The standard InChI is InChI=1S/C17H16F3IO4/c1-17(2)9(4-5-12(22)24-3)13(17)16(23)25-7-8-14(20)10(18)6-11(19)15(8)21/h4-6,9,13H,7H2,1-3H3/b5-4-/t9-,13-/m0/s1. The van der Waals surface area contributed by atoms with E-state index in [4.69, 9.17) is 4.74 Å². The van der Waals surface area contributed by atoms with Crippen molar-refractivity contribution in [1.82, 2.24) is 0 Å². The molecule has 4 nitrogen and oxygen atoms in total. The summed E-state index contributed by atoms with van der Waals surface area (Å²) in [4.78, 5) is 23.4. The zero-order chi connectivity index (χ0) is 18.9. The van der Waals surface area contributed by atoms with Gasteiger partial charge in [0.15, 0.2) is 11.6 Å². The van der Waals surface area contributed by atoms with Gasteiger partial charge < -0.3 is 9.47 Å². The predicted octanol–water partition coefficient (Wildman–Crippen LogP) is 3.75. The fourth-order valence-corrected chi connectivity index (χ4v) is 3.27. The summed E-state index contributed by atoms with van der Waals surface area (Å²) in [5, 5.41) is 0. The van der Waals surface area contributed by atoms with Gasteiger partial charge in [-0.25, -0.2) is 18.0 Å². The van der Waals surface area contributed by atoms with Gasteiger partial charge in [0.1, 0.15) is 12.4 Å². The second kappa shape index (κ2) is 7.35. The van der Waals surface area contributed by atoms with Gasteiger partial charge in [-0.05, 0) is 33.9 Å². The molecule has 0 spiro atoms. The first-order valence-corrected chi connectivity index (χ1v) is 8.43. The molecule has 2 atom stereocenters. The van der Waals surface area contributed by atoms with Crippen LogP contribution in [0.25, 0.3) is 0 Å². The molecule has 25 heavy (non-hydrogen) atoms. The van der Waals surface area contributed by atoms with Crippen LogP contribution in [0.5, 0.6) is 0 Å². The van der Waals surface area contributed by atoms with Crippen LogP contribution in [-0.4, -0.2) is 19.0 Å². The lowest BCUT2D eigenvalue weighted by molar-refractivity contribution is -0.147. The Hall–Kier alpha value is -1.58. The van der Waals surface area contributed by atoms with Crippen LogP contribution in [0.2, 0.25) is 0 Å². The summed E-state index contributed by atoms with van der Waals surface area (Å²) in [6.07, 6.45) is 2.79. The molecule has 8 heteroatoms. The van der Waals surface area contributed by atoms with Crippen LogP contribution in [0.1, 0.15) is 19.4 Å². The average molecular weight is 468 g/mol. The quantitative estimate of drug-likeness (QED) is 0.286. The van der Waals surface area contributed by atoms with Crippen molar-refractivity contribution < 1.29 is 32.2 Å². The molecule has 2 rings (SSSR count). The summed E-state index contributed by atoms with van der Waals surface area (Å²) in [5.41, 5.74) is -0.785. The molecule has 0 amide bonds. The maximum Gasteiger partial charge on any atom is 0.330 e. The van der Waals surface area contributed by atoms with Gasteiger partial charge in [-0.3, -0.25) is 4.79 Å². The van der Waals surface area contributed by atoms with Crippen molar-refractivity contribution in [2.45, 2.75) is 20.5 Å². The lowest BCUT2D eigenvalue weighted by Gasteiger charge is -2.10. The summed E-state index contributed by atoms with van der Waals surface area (Å²) in [5.74, 6) is -5.44. The Kier molecular flexibility index (Phi) is 5.80. The number of ether oxygens (including phenoxy) is 2. The highest BCUT2D eigenvalue weighted by Gasteiger charge is 2.61. The molecule has 0 bridgehead atoms. The second-order valence-electron chi connectivity index (χ2n) is 6.26. The van der Waals surface area contributed by atoms with E-state index in [1.54, 1.807) is 6.08 Å². The van der Waals surface area contributed by atoms with E-state index in [1.165, 1.54) is 35.8 Å². The van der Waals surface area contributed by atoms with Gasteiger partial charge in [-0.15, -0.1) is 0 Å². The number of methoxy groups -OCH3 is 1. The SMILES string of the molecule is COC(=O)/C=C\[C@H]1[C@@H](C(=O)OCc2c(F)c(F)cc(F)c2I)C1(C)C. The van der Waals surface area contributed by atoms with Crippen molar-refractivity contribution in [2.24, 2.45) is 17.3 Å². The average Bonchev–Trinajstić information content (AvgIpc) is 3.11. The second-order valence-corrected chi connectivity index (χ2v) is 7.34. The molecule has 1 aromatic rings. The van der Waals surface area contributed by atoms with Crippen LogP contribution in [0.15, 0.2) is 18.2 Å². The molecule has 0 saturated heterocycles. The van der Waals surface area contributed by atoms with Crippen molar-refractivity contribution in [2.75, 3.05) is 7.11 Å². The van der Waals surface area contributed by atoms with Gasteiger partial charge in [-0.1, -0.05) is 19.9 Å². The number of hydrogen-bond acceptors (Lipinski definition) is 4. The topological polar surface area (TPSA) is 52.6 Å². The molecule has 1 aliphatic carbocycles. The van der Waals surface area contributed by atoms with Crippen LogP contribution in [0, 0.1) is 38.3 Å². The zero-order valence-corrected chi connectivity index (χ0v) is 15.9. The lowest BCUT2D eigenvalue weighted by atomic mass is 10.1. The highest BCUT2D eigenvalue weighted by molar-refractivity contribution is 14.1. The number of esters is 2. The van der Waals surface area contributed by atoms with Crippen LogP contribution in [0.4, 0.5) is 13.2 Å². The van der Waals surface area contributed by atoms with Gasteiger partial charge >= 0.3 is 11.9 Å². The van der Waals surface area contributed by atoms with Crippen molar-refractivity contribution in [3.05, 3.63) is 44.8 Å². The molecule has 1 aromatic carbocycles. The van der Waals surface area contributed by atoms with E-state index in [9.17, 15) is 22.8 Å². The van der Waals surface area contributed by atoms with E-state index in [2.05, 4.69) is 4.74 Å². The van der Waals surface area contributed by atoms with Crippen LogP contribution >= 0.6 is 22.6 Å². The molecule has 1 saturated carbocycles. The lowest BCUT2D eigenvalue weighted by Crippen LogP contribution is -2.13. The Balaban J connectivity index is 2.07. The van der Waals surface area contributed by atoms with Crippen molar-refractivity contribution in [3.8, 4) is 0 Å². The summed E-state index contributed by atoms with van der Waals surface area (Å²) >= 11 is 1.53. The van der Waals surface area contributed by atoms with Gasteiger partial charge in [0, 0.05) is 17.7 Å². The highest BCUT2D eigenvalue weighted by Crippen LogP contribution is 2.59. The molecular weight excluding hydrogens is 452 g/mol. The first-order valence-electron chi connectivity index (χ1n) is 7.35. The molecule has 136 valence electrons. The summed E-state index contributed by atoms with van der Waals surface area (Å²) in [7, 11) is 1.24. The van der Waals surface area contributed by atoms with Crippen molar-refractivity contribution in [1.29, 1.82) is 0 Å². The van der Waals surface area contributed by atoms with Crippen molar-refractivity contribution in [3.63, 3.8) is 0 Å². The molecule has 1 fully saturated rings. The molecule has 0 aromatic heterocycles. The first kappa shape index (κ1) is 19.7. The largest absolute Gasteiger partial charge is 0.466 e. The van der Waals surface area contributed by atoms with E-state index in [0.717, 1.165) is 0 Å². The number of rotatable bonds is 5. The van der Waals surface area contributed by atoms with E-state index in [-0.39, 0.29) is 15.1 Å². The first-order chi connectivity index (χ1) is 11.6. The molecule has 0 aliphatic heterocycles. The smallest absolute Gasteiger partial charge is 0.330 e. The molecule has 0 N–H and O–H groups in total. The van der Waals surface area contributed by atoms with E-state index < -0.39 is 47.3 Å². The Morgan fingerprint density at radius 2 is 1.92 bits per heavy atom. The summed E-state index contributed by atoms with van der Waals surface area (Å²) < 4.78 is 50.0. The zero-order valence-electron chi connectivity index (χ0n) is 13.7. The van der Waals surface area contributed by atoms with E-state index >= 15 is 0 Å². The number of halogens is 4. The minimum absolute atomic E-state index is 0.138. The Morgan fingerprint density at radius 1 is 1.28 bits per heavy atom. The molecule has 0 radical (unpaired) electrons. The highest BCUT2D eigenvalue weighted by atomic mass is 127. The minimum atomic E-state index is -1.34. The third-order valence-corrected chi connectivity index (χ3v) is 5.53. The van der Waals surface area contributed by atoms with Gasteiger partial charge in [0.25, 0.3) is 0 Å². The third kappa shape index (κ3) is 3.99. The third-order valence-electron chi connectivity index (χ3n) is 4.37. The maximum absolute atomic E-state index is 13.8. The van der Waals surface area contributed by atoms with Gasteiger partial charge in [-0.2, -0.15) is 0 Å². The maximum atomic E-state index is 13.8. The Labute approximate surface area is 156 Å². The number of benzene rings is 1. The fraction of sp³-hybridized carbons (Fsp3) is 0.412. The van der Waals surface area contributed by atoms with E-state index in [1.807, 2.05) is 13.8 Å². The van der Waals surface area contributed by atoms with Crippen LogP contribution in [0.3, 0.4) is 0 Å².